The molecule has 0 saturated carbocycles. The highest BCUT2D eigenvalue weighted by molar-refractivity contribution is 5.96. The van der Waals surface area contributed by atoms with Crippen LogP contribution in [0.4, 0.5) is 0 Å². The number of phenols is 1. The number of hydrazone groups is 1. The van der Waals surface area contributed by atoms with E-state index in [0.29, 0.717) is 34.1 Å². The van der Waals surface area contributed by atoms with Gasteiger partial charge in [0.05, 0.1) is 34.7 Å². The van der Waals surface area contributed by atoms with Gasteiger partial charge in [-0.2, -0.15) is 5.10 Å². The molecule has 138 valence electrons. The number of phenolic OH excluding ortho intramolecular Hbond substituents is 1. The van der Waals surface area contributed by atoms with Gasteiger partial charge in [-0.3, -0.25) is 4.79 Å². The van der Waals surface area contributed by atoms with Crippen LogP contribution in [0.1, 0.15) is 15.9 Å². The number of benzene rings is 2. The van der Waals surface area contributed by atoms with Gasteiger partial charge in [0.2, 0.25) is 5.75 Å². The molecule has 2 N–H and O–H groups in total. The summed E-state index contributed by atoms with van der Waals surface area (Å²) < 4.78 is 20.7. The van der Waals surface area contributed by atoms with Crippen LogP contribution in [0.5, 0.6) is 28.7 Å². The summed E-state index contributed by atoms with van der Waals surface area (Å²) in [5.74, 6) is 1.00. The van der Waals surface area contributed by atoms with Gasteiger partial charge in [0.1, 0.15) is 0 Å². The summed E-state index contributed by atoms with van der Waals surface area (Å²) >= 11 is 0. The molecule has 8 nitrogen and oxygen atoms in total. The molecule has 2 aromatic rings. The Morgan fingerprint density at radius 3 is 2.12 bits per heavy atom. The topological polar surface area (TPSA) is 98.6 Å². The van der Waals surface area contributed by atoms with Gasteiger partial charge in [-0.1, -0.05) is 0 Å². The molecule has 0 saturated heterocycles. The third-order valence-corrected chi connectivity index (χ3v) is 3.51. The molecule has 2 rings (SSSR count). The fraction of sp³-hybridized carbons (Fsp3) is 0.222. The van der Waals surface area contributed by atoms with E-state index in [-0.39, 0.29) is 5.75 Å². The van der Waals surface area contributed by atoms with Crippen LogP contribution in [-0.2, 0) is 0 Å². The number of hydrogen-bond donors (Lipinski definition) is 2. The Labute approximate surface area is 151 Å². The molecule has 0 unspecified atom stereocenters. The van der Waals surface area contributed by atoms with Crippen molar-refractivity contribution in [3.63, 3.8) is 0 Å². The van der Waals surface area contributed by atoms with E-state index in [9.17, 15) is 9.90 Å². The largest absolute Gasteiger partial charge is 0.504 e. The molecule has 2 aromatic carbocycles. The van der Waals surface area contributed by atoms with Crippen molar-refractivity contribution in [3.8, 4) is 28.7 Å². The van der Waals surface area contributed by atoms with E-state index in [1.54, 1.807) is 12.1 Å². The lowest BCUT2D eigenvalue weighted by Crippen LogP contribution is -2.18. The number of hydrogen-bond acceptors (Lipinski definition) is 7. The van der Waals surface area contributed by atoms with E-state index < -0.39 is 5.91 Å². The first-order valence-corrected chi connectivity index (χ1v) is 7.54. The van der Waals surface area contributed by atoms with Gasteiger partial charge in [0.15, 0.2) is 23.0 Å². The number of rotatable bonds is 7. The van der Waals surface area contributed by atoms with E-state index in [1.807, 2.05) is 0 Å². The van der Waals surface area contributed by atoms with E-state index in [1.165, 1.54) is 52.9 Å². The summed E-state index contributed by atoms with van der Waals surface area (Å²) in [6.45, 7) is 0. The van der Waals surface area contributed by atoms with Crippen LogP contribution in [0, 0.1) is 0 Å². The summed E-state index contributed by atoms with van der Waals surface area (Å²) in [6.07, 6.45) is 1.43. The van der Waals surface area contributed by atoms with Gasteiger partial charge in [0, 0.05) is 5.56 Å². The number of nitrogens with one attached hydrogen (secondary N) is 1. The Morgan fingerprint density at radius 1 is 0.962 bits per heavy atom. The van der Waals surface area contributed by atoms with Gasteiger partial charge in [0.25, 0.3) is 5.91 Å². The zero-order chi connectivity index (χ0) is 19.1. The summed E-state index contributed by atoms with van der Waals surface area (Å²) in [5.41, 5.74) is 3.35. The minimum atomic E-state index is -0.453. The number of nitrogens with zero attached hydrogens (tertiary/aromatic N) is 1. The van der Waals surface area contributed by atoms with Gasteiger partial charge < -0.3 is 24.1 Å². The van der Waals surface area contributed by atoms with Crippen molar-refractivity contribution in [2.24, 2.45) is 5.10 Å². The standard InChI is InChI=1S/C18H20N2O6/c1-23-14-7-11(5-6-13(14)21)10-19-20-18(22)12-8-15(24-2)17(26-4)16(9-12)25-3/h5-10,21H,1-4H3,(H,20,22)/b19-10+. The van der Waals surface area contributed by atoms with Crippen LogP contribution in [-0.4, -0.2) is 45.7 Å². The van der Waals surface area contributed by atoms with Gasteiger partial charge in [-0.05, 0) is 35.9 Å². The molecule has 0 aliphatic carbocycles. The van der Waals surface area contributed by atoms with Crippen molar-refractivity contribution in [3.05, 3.63) is 41.5 Å². The summed E-state index contributed by atoms with van der Waals surface area (Å²) in [7, 11) is 5.86. The average Bonchev–Trinajstić information content (AvgIpc) is 2.67. The van der Waals surface area contributed by atoms with Crippen LogP contribution < -0.4 is 24.4 Å². The van der Waals surface area contributed by atoms with E-state index in [4.69, 9.17) is 18.9 Å². The summed E-state index contributed by atoms with van der Waals surface area (Å²) in [6, 6.07) is 7.74. The Morgan fingerprint density at radius 2 is 1.58 bits per heavy atom. The van der Waals surface area contributed by atoms with Crippen molar-refractivity contribution in [2.75, 3.05) is 28.4 Å². The Hall–Kier alpha value is -3.42. The maximum atomic E-state index is 12.3. The highest BCUT2D eigenvalue weighted by Gasteiger charge is 2.16. The number of ether oxygens (including phenoxy) is 4. The van der Waals surface area contributed by atoms with Crippen molar-refractivity contribution < 1.29 is 28.8 Å². The second-order valence-electron chi connectivity index (χ2n) is 5.04. The van der Waals surface area contributed by atoms with Gasteiger partial charge in [-0.15, -0.1) is 0 Å². The molecule has 0 aliphatic rings. The molecule has 0 aliphatic heterocycles. The zero-order valence-electron chi connectivity index (χ0n) is 14.9. The second kappa shape index (κ2) is 8.61. The van der Waals surface area contributed by atoms with Gasteiger partial charge in [-0.25, -0.2) is 5.43 Å². The number of carbonyl (C=O) groups is 1. The smallest absolute Gasteiger partial charge is 0.271 e. The molecule has 0 aromatic heterocycles. The monoisotopic (exact) mass is 360 g/mol. The van der Waals surface area contributed by atoms with E-state index in [0.717, 1.165) is 0 Å². The minimum Gasteiger partial charge on any atom is -0.504 e. The fourth-order valence-electron chi connectivity index (χ4n) is 2.22. The van der Waals surface area contributed by atoms with Crippen LogP contribution in [0.15, 0.2) is 35.4 Å². The first kappa shape index (κ1) is 18.9. The molecule has 0 spiro atoms. The molecular formula is C18H20N2O6. The zero-order valence-corrected chi connectivity index (χ0v) is 14.9. The number of methoxy groups -OCH3 is 4. The number of aromatic hydroxyl groups is 1. The van der Waals surface area contributed by atoms with Crippen LogP contribution in [0.25, 0.3) is 0 Å². The normalized spacial score (nSPS) is 10.5. The summed E-state index contributed by atoms with van der Waals surface area (Å²) in [5, 5.41) is 13.5. The molecular weight excluding hydrogens is 340 g/mol. The lowest BCUT2D eigenvalue weighted by Gasteiger charge is -2.13. The third kappa shape index (κ3) is 4.15. The molecule has 0 radical (unpaired) electrons. The van der Waals surface area contributed by atoms with E-state index in [2.05, 4.69) is 10.5 Å². The lowest BCUT2D eigenvalue weighted by atomic mass is 10.1. The Bertz CT molecular complexity index is 794. The molecule has 0 fully saturated rings. The van der Waals surface area contributed by atoms with Crippen LogP contribution in [0.3, 0.4) is 0 Å². The molecule has 8 heteroatoms. The minimum absolute atomic E-state index is 0.0195. The Balaban J connectivity index is 2.17. The van der Waals surface area contributed by atoms with Crippen molar-refractivity contribution in [1.82, 2.24) is 5.43 Å². The molecule has 26 heavy (non-hydrogen) atoms. The van der Waals surface area contributed by atoms with Crippen LogP contribution >= 0.6 is 0 Å². The first-order chi connectivity index (χ1) is 12.5. The summed E-state index contributed by atoms with van der Waals surface area (Å²) in [4.78, 5) is 12.3. The SMILES string of the molecule is COc1cc(/C=N/NC(=O)c2cc(OC)c(OC)c(OC)c2)ccc1O. The maximum absolute atomic E-state index is 12.3. The fourth-order valence-corrected chi connectivity index (χ4v) is 2.22. The van der Waals surface area contributed by atoms with Crippen LogP contribution in [0.2, 0.25) is 0 Å². The van der Waals surface area contributed by atoms with Crippen molar-refractivity contribution >= 4 is 12.1 Å². The van der Waals surface area contributed by atoms with Crippen molar-refractivity contribution in [1.29, 1.82) is 0 Å². The highest BCUT2D eigenvalue weighted by Crippen LogP contribution is 2.38. The quantitative estimate of drug-likeness (QED) is 0.580. The second-order valence-corrected chi connectivity index (χ2v) is 5.04. The van der Waals surface area contributed by atoms with Gasteiger partial charge >= 0.3 is 0 Å². The maximum Gasteiger partial charge on any atom is 0.271 e. The lowest BCUT2D eigenvalue weighted by molar-refractivity contribution is 0.0954. The molecule has 0 heterocycles. The number of carbonyl (C=O) groups excluding carboxylic acids is 1. The first-order valence-electron chi connectivity index (χ1n) is 7.54. The highest BCUT2D eigenvalue weighted by atomic mass is 16.5. The van der Waals surface area contributed by atoms with Crippen molar-refractivity contribution in [2.45, 2.75) is 0 Å². The average molecular weight is 360 g/mol. The molecule has 0 atom stereocenters. The van der Waals surface area contributed by atoms with E-state index >= 15 is 0 Å². The predicted molar refractivity (Wildman–Crippen MR) is 95.8 cm³/mol. The Kier molecular flexibility index (Phi) is 6.26. The number of amides is 1. The third-order valence-electron chi connectivity index (χ3n) is 3.51. The molecule has 1 amide bonds. The predicted octanol–water partition coefficient (Wildman–Crippen LogP) is 2.19. The molecule has 0 bridgehead atoms.